The fourth-order valence-corrected chi connectivity index (χ4v) is 5.22. The molecule has 0 heterocycles. The first-order valence-electron chi connectivity index (χ1n) is 12.7. The van der Waals surface area contributed by atoms with Gasteiger partial charge >= 0.3 is 0 Å². The van der Waals surface area contributed by atoms with Crippen LogP contribution in [0.15, 0.2) is 127 Å². The molecule has 2 heteroatoms. The Labute approximate surface area is 219 Å². The molecule has 0 amide bonds. The van der Waals surface area contributed by atoms with Gasteiger partial charge in [0.05, 0.1) is 7.11 Å². The highest BCUT2D eigenvalue weighted by Gasteiger charge is 2.23. The van der Waals surface area contributed by atoms with Crippen LogP contribution in [0.4, 0.5) is 5.69 Å². The average Bonchev–Trinajstić information content (AvgIpc) is 3.27. The zero-order valence-corrected chi connectivity index (χ0v) is 21.0. The van der Waals surface area contributed by atoms with Crippen molar-refractivity contribution in [3.05, 3.63) is 155 Å². The Kier molecular flexibility index (Phi) is 6.31. The monoisotopic (exact) mass is 479 g/mol. The molecule has 180 valence electrons. The molecule has 6 rings (SSSR count). The summed E-state index contributed by atoms with van der Waals surface area (Å²) in [6, 6.07) is 45.1. The average molecular weight is 480 g/mol. The number of hydrogen-bond donors (Lipinski definition) is 0. The molecule has 0 N–H and O–H groups in total. The van der Waals surface area contributed by atoms with E-state index in [-0.39, 0.29) is 0 Å². The fourth-order valence-electron chi connectivity index (χ4n) is 5.22. The molecule has 5 aromatic carbocycles. The molecule has 0 bridgehead atoms. The van der Waals surface area contributed by atoms with Crippen LogP contribution in [0.5, 0.6) is 5.75 Å². The van der Waals surface area contributed by atoms with Crippen LogP contribution in [-0.4, -0.2) is 7.11 Å². The molecule has 2 nitrogen and oxygen atoms in total. The Bertz CT molecular complexity index is 1460. The number of benzene rings is 5. The molecule has 0 spiro atoms. The van der Waals surface area contributed by atoms with Crippen molar-refractivity contribution in [2.24, 2.45) is 0 Å². The smallest absolute Gasteiger partial charge is 0.128 e. The highest BCUT2D eigenvalue weighted by atomic mass is 16.5. The van der Waals surface area contributed by atoms with E-state index in [1.165, 1.54) is 39.0 Å². The molecule has 0 unspecified atom stereocenters. The third-order valence-electron chi connectivity index (χ3n) is 7.04. The lowest BCUT2D eigenvalue weighted by Gasteiger charge is -2.26. The predicted molar refractivity (Wildman–Crippen MR) is 155 cm³/mol. The van der Waals surface area contributed by atoms with Crippen molar-refractivity contribution in [3.8, 4) is 16.9 Å². The Morgan fingerprint density at radius 3 is 1.57 bits per heavy atom. The van der Waals surface area contributed by atoms with Crippen molar-refractivity contribution in [2.45, 2.75) is 13.1 Å². The Balaban J connectivity index is 1.39. The second kappa shape index (κ2) is 10.2. The first-order chi connectivity index (χ1) is 18.3. The molecule has 0 fully saturated rings. The van der Waals surface area contributed by atoms with E-state index >= 15 is 0 Å². The van der Waals surface area contributed by atoms with Gasteiger partial charge in [-0.15, -0.1) is 0 Å². The van der Waals surface area contributed by atoms with E-state index in [0.717, 1.165) is 30.1 Å². The van der Waals surface area contributed by atoms with Gasteiger partial charge < -0.3 is 9.64 Å². The Morgan fingerprint density at radius 1 is 0.568 bits per heavy atom. The van der Waals surface area contributed by atoms with E-state index in [4.69, 9.17) is 4.74 Å². The molecule has 0 saturated carbocycles. The van der Waals surface area contributed by atoms with Gasteiger partial charge in [0.1, 0.15) is 5.75 Å². The van der Waals surface area contributed by atoms with Crippen molar-refractivity contribution in [3.63, 3.8) is 0 Å². The van der Waals surface area contributed by atoms with Gasteiger partial charge in [-0.3, -0.25) is 0 Å². The summed E-state index contributed by atoms with van der Waals surface area (Å²) in [6.45, 7) is 1.64. The van der Waals surface area contributed by atoms with Crippen LogP contribution in [0.3, 0.4) is 0 Å². The molecular weight excluding hydrogens is 450 g/mol. The molecule has 0 aliphatic heterocycles. The van der Waals surface area contributed by atoms with Gasteiger partial charge in [-0.1, -0.05) is 109 Å². The van der Waals surface area contributed by atoms with E-state index in [0.29, 0.717) is 0 Å². The molecule has 5 aromatic rings. The van der Waals surface area contributed by atoms with Gasteiger partial charge in [-0.05, 0) is 57.2 Å². The molecule has 0 aromatic heterocycles. The van der Waals surface area contributed by atoms with Crippen molar-refractivity contribution in [1.29, 1.82) is 0 Å². The van der Waals surface area contributed by atoms with Crippen LogP contribution in [0.25, 0.3) is 22.8 Å². The minimum atomic E-state index is 0.820. The van der Waals surface area contributed by atoms with Gasteiger partial charge in [0.25, 0.3) is 0 Å². The summed E-state index contributed by atoms with van der Waals surface area (Å²) in [5.41, 5.74) is 11.1. The summed E-state index contributed by atoms with van der Waals surface area (Å²) in [6.07, 6.45) is 2.27. The van der Waals surface area contributed by atoms with Crippen molar-refractivity contribution in [2.75, 3.05) is 12.0 Å². The molecule has 1 aliphatic rings. The molecule has 1 aliphatic carbocycles. The first-order valence-corrected chi connectivity index (χ1v) is 12.7. The highest BCUT2D eigenvalue weighted by Crippen LogP contribution is 2.45. The third-order valence-corrected chi connectivity index (χ3v) is 7.04. The standard InChI is InChI=1S/C35H29NO/c1-37-35-23-29(36(24-26-12-4-2-5-13-26)25-27-14-6-3-7-15-27)21-20-28(35)22-34-32-18-10-8-16-30(32)31-17-9-11-19-33(31)34/h2-23H,24-25H2,1H3. The lowest BCUT2D eigenvalue weighted by Crippen LogP contribution is -2.22. The van der Waals surface area contributed by atoms with Gasteiger partial charge in [0.15, 0.2) is 0 Å². The second-order valence-corrected chi connectivity index (χ2v) is 9.40. The molecule has 0 saturated heterocycles. The van der Waals surface area contributed by atoms with Crippen LogP contribution in [-0.2, 0) is 13.1 Å². The summed E-state index contributed by atoms with van der Waals surface area (Å²) in [5.74, 6) is 0.873. The quantitative estimate of drug-likeness (QED) is 0.228. The number of fused-ring (bicyclic) bond motifs is 3. The van der Waals surface area contributed by atoms with Crippen LogP contribution in [0, 0.1) is 0 Å². The van der Waals surface area contributed by atoms with Crippen LogP contribution in [0.2, 0.25) is 0 Å². The van der Waals surface area contributed by atoms with E-state index in [1.54, 1.807) is 7.11 Å². The number of ether oxygens (including phenoxy) is 1. The van der Waals surface area contributed by atoms with Gasteiger partial charge in [0.2, 0.25) is 0 Å². The zero-order valence-electron chi connectivity index (χ0n) is 21.0. The minimum Gasteiger partial charge on any atom is -0.496 e. The lowest BCUT2D eigenvalue weighted by atomic mass is 10.0. The number of hydrogen-bond acceptors (Lipinski definition) is 2. The highest BCUT2D eigenvalue weighted by molar-refractivity contribution is 6.06. The number of methoxy groups -OCH3 is 1. The summed E-state index contributed by atoms with van der Waals surface area (Å²) in [5, 5.41) is 0. The summed E-state index contributed by atoms with van der Waals surface area (Å²) in [4.78, 5) is 2.41. The molecule has 37 heavy (non-hydrogen) atoms. The minimum absolute atomic E-state index is 0.820. The van der Waals surface area contributed by atoms with E-state index in [1.807, 2.05) is 0 Å². The normalized spacial score (nSPS) is 11.5. The maximum Gasteiger partial charge on any atom is 0.128 e. The molecule has 0 radical (unpaired) electrons. The van der Waals surface area contributed by atoms with Crippen LogP contribution in [0.1, 0.15) is 27.8 Å². The maximum absolute atomic E-state index is 5.95. The van der Waals surface area contributed by atoms with E-state index in [9.17, 15) is 0 Å². The Morgan fingerprint density at radius 2 is 1.05 bits per heavy atom. The SMILES string of the molecule is COc1cc(N(Cc2ccccc2)Cc2ccccc2)ccc1C=C1c2ccccc2-c2ccccc21. The third kappa shape index (κ3) is 4.66. The van der Waals surface area contributed by atoms with Gasteiger partial charge in [0, 0.05) is 30.4 Å². The lowest BCUT2D eigenvalue weighted by molar-refractivity contribution is 0.414. The van der Waals surface area contributed by atoms with Gasteiger partial charge in [-0.2, -0.15) is 0 Å². The number of rotatable bonds is 7. The summed E-state index contributed by atoms with van der Waals surface area (Å²) in [7, 11) is 1.76. The van der Waals surface area contributed by atoms with Gasteiger partial charge in [-0.25, -0.2) is 0 Å². The Hall–Kier alpha value is -4.56. The second-order valence-electron chi connectivity index (χ2n) is 9.40. The van der Waals surface area contributed by atoms with E-state index in [2.05, 4.69) is 138 Å². The maximum atomic E-state index is 5.95. The summed E-state index contributed by atoms with van der Waals surface area (Å²) < 4.78 is 5.95. The predicted octanol–water partition coefficient (Wildman–Crippen LogP) is 8.47. The van der Waals surface area contributed by atoms with E-state index < -0.39 is 0 Å². The van der Waals surface area contributed by atoms with Crippen molar-refractivity contribution < 1.29 is 4.74 Å². The zero-order chi connectivity index (χ0) is 25.0. The number of anilines is 1. The van der Waals surface area contributed by atoms with Crippen LogP contribution < -0.4 is 9.64 Å². The number of nitrogens with zero attached hydrogens (tertiary/aromatic N) is 1. The first kappa shape index (κ1) is 22.9. The summed E-state index contributed by atoms with van der Waals surface area (Å²) >= 11 is 0. The van der Waals surface area contributed by atoms with Crippen LogP contribution >= 0.6 is 0 Å². The van der Waals surface area contributed by atoms with Crippen molar-refractivity contribution in [1.82, 2.24) is 0 Å². The topological polar surface area (TPSA) is 12.5 Å². The largest absolute Gasteiger partial charge is 0.496 e. The molecular formula is C35H29NO. The molecule has 0 atom stereocenters. The fraction of sp³-hybridized carbons (Fsp3) is 0.0857. The van der Waals surface area contributed by atoms with Crippen molar-refractivity contribution >= 4 is 17.3 Å².